The van der Waals surface area contributed by atoms with Crippen molar-refractivity contribution in [3.8, 4) is 16.9 Å². The van der Waals surface area contributed by atoms with Crippen LogP contribution in [-0.2, 0) is 0 Å². The van der Waals surface area contributed by atoms with Crippen molar-refractivity contribution in [2.45, 2.75) is 19.8 Å². The van der Waals surface area contributed by atoms with Crippen LogP contribution in [0.5, 0.6) is 5.75 Å². The Labute approximate surface area is 196 Å². The van der Waals surface area contributed by atoms with E-state index in [2.05, 4.69) is 17.6 Å². The van der Waals surface area contributed by atoms with Gasteiger partial charge in [0.2, 0.25) is 0 Å². The van der Waals surface area contributed by atoms with Gasteiger partial charge < -0.3 is 21.1 Å². The first-order valence-corrected chi connectivity index (χ1v) is 10.9. The Hall–Kier alpha value is -3.16. The third kappa shape index (κ3) is 5.96. The second kappa shape index (κ2) is 10.9. The third-order valence-electron chi connectivity index (χ3n) is 4.66. The van der Waals surface area contributed by atoms with E-state index >= 15 is 0 Å². The van der Waals surface area contributed by atoms with Gasteiger partial charge in [0.15, 0.2) is 5.11 Å². The van der Waals surface area contributed by atoms with Gasteiger partial charge >= 0.3 is 0 Å². The lowest BCUT2D eigenvalue weighted by atomic mass is 10.0. The quantitative estimate of drug-likeness (QED) is 0.268. The van der Waals surface area contributed by atoms with Crippen LogP contribution in [-0.4, -0.2) is 17.6 Å². The molecule has 3 aromatic rings. The summed E-state index contributed by atoms with van der Waals surface area (Å²) in [6, 6.07) is 16.9. The molecule has 0 bridgehead atoms. The van der Waals surface area contributed by atoms with Gasteiger partial charge in [0, 0.05) is 16.9 Å². The molecule has 4 N–H and O–H groups in total. The molecule has 5 nitrogen and oxygen atoms in total. The molecule has 0 aliphatic carbocycles. The normalized spacial score (nSPS) is 10.5. The molecule has 0 spiro atoms. The molecular formula is C24H23ClFN3O2S. The van der Waals surface area contributed by atoms with Gasteiger partial charge in [-0.05, 0) is 60.6 Å². The maximum atomic E-state index is 14.5. The molecule has 0 saturated carbocycles. The van der Waals surface area contributed by atoms with E-state index in [-0.39, 0.29) is 5.56 Å². The second-order valence-electron chi connectivity index (χ2n) is 7.04. The van der Waals surface area contributed by atoms with E-state index in [9.17, 15) is 9.18 Å². The van der Waals surface area contributed by atoms with Crippen molar-refractivity contribution in [2.75, 3.05) is 17.2 Å². The van der Waals surface area contributed by atoms with Crippen LogP contribution in [0.25, 0.3) is 11.1 Å². The summed E-state index contributed by atoms with van der Waals surface area (Å²) in [5, 5.41) is 7.01. The summed E-state index contributed by atoms with van der Waals surface area (Å²) in [4.78, 5) is 11.4. The highest BCUT2D eigenvalue weighted by Crippen LogP contribution is 2.29. The summed E-state index contributed by atoms with van der Waals surface area (Å²) in [6.45, 7) is 2.72. The number of carbonyl (C=O) groups is 1. The number of ether oxygens (including phenoxy) is 1. The van der Waals surface area contributed by atoms with E-state index < -0.39 is 11.7 Å². The van der Waals surface area contributed by atoms with Gasteiger partial charge in [-0.2, -0.15) is 0 Å². The minimum absolute atomic E-state index is 0.143. The van der Waals surface area contributed by atoms with E-state index in [0.717, 1.165) is 18.5 Å². The number of benzene rings is 3. The van der Waals surface area contributed by atoms with E-state index in [1.165, 1.54) is 6.07 Å². The van der Waals surface area contributed by atoms with E-state index in [1.807, 2.05) is 6.07 Å². The van der Waals surface area contributed by atoms with Crippen molar-refractivity contribution >= 4 is 46.2 Å². The molecule has 0 unspecified atom stereocenters. The summed E-state index contributed by atoms with van der Waals surface area (Å²) >= 11 is 11.6. The third-order valence-corrected chi connectivity index (χ3v) is 5.16. The fourth-order valence-corrected chi connectivity index (χ4v) is 3.46. The molecule has 32 heavy (non-hydrogen) atoms. The minimum atomic E-state index is -0.806. The van der Waals surface area contributed by atoms with Crippen molar-refractivity contribution in [1.82, 2.24) is 0 Å². The van der Waals surface area contributed by atoms with Crippen molar-refractivity contribution in [2.24, 2.45) is 5.73 Å². The first-order valence-electron chi connectivity index (χ1n) is 10.1. The van der Waals surface area contributed by atoms with Gasteiger partial charge in [0.05, 0.1) is 17.2 Å². The molecule has 0 fully saturated rings. The summed E-state index contributed by atoms with van der Waals surface area (Å²) in [7, 11) is 0. The molecule has 0 heterocycles. The summed E-state index contributed by atoms with van der Waals surface area (Å²) < 4.78 is 20.2. The zero-order chi connectivity index (χ0) is 23.1. The van der Waals surface area contributed by atoms with Gasteiger partial charge in [0.1, 0.15) is 11.6 Å². The maximum absolute atomic E-state index is 14.5. The number of amides is 1. The first kappa shape index (κ1) is 23.5. The van der Waals surface area contributed by atoms with Crippen LogP contribution < -0.4 is 21.1 Å². The molecule has 0 aliphatic heterocycles. The Balaban J connectivity index is 1.64. The number of carbonyl (C=O) groups excluding carboxylic acids is 1. The minimum Gasteiger partial charge on any atom is -0.492 e. The molecule has 0 atom stereocenters. The zero-order valence-electron chi connectivity index (χ0n) is 17.5. The Morgan fingerprint density at radius 2 is 1.78 bits per heavy atom. The molecule has 0 saturated heterocycles. The number of hydrogen-bond donors (Lipinski definition) is 3. The lowest BCUT2D eigenvalue weighted by Gasteiger charge is -2.13. The predicted molar refractivity (Wildman–Crippen MR) is 132 cm³/mol. The van der Waals surface area contributed by atoms with Crippen LogP contribution >= 0.6 is 23.8 Å². The topological polar surface area (TPSA) is 76.4 Å². The highest BCUT2D eigenvalue weighted by Gasteiger charge is 2.13. The lowest BCUT2D eigenvalue weighted by molar-refractivity contribution is 0.0996. The molecule has 0 aliphatic rings. The Morgan fingerprint density at radius 1 is 1.09 bits per heavy atom. The van der Waals surface area contributed by atoms with Crippen molar-refractivity contribution < 1.29 is 13.9 Å². The SMILES string of the molecule is CCCCOc1ccc(NC(=S)Nc2ccc(-c3cccc(C(N)=O)c3F)cc2)cc1Cl. The molecule has 3 aromatic carbocycles. The van der Waals surface area contributed by atoms with Crippen LogP contribution in [0.4, 0.5) is 15.8 Å². The number of primary amides is 1. The molecule has 3 rings (SSSR count). The van der Waals surface area contributed by atoms with E-state index in [1.54, 1.807) is 48.5 Å². The molecule has 0 radical (unpaired) electrons. The molecule has 0 aromatic heterocycles. The standard InChI is InChI=1S/C24H23ClFN3O2S/c1-2-3-13-31-21-12-11-17(14-20(21)25)29-24(32)28-16-9-7-15(8-10-16)18-5-4-6-19(22(18)26)23(27)30/h4-12,14H,2-3,13H2,1H3,(H2,27,30)(H2,28,29,32). The zero-order valence-corrected chi connectivity index (χ0v) is 19.0. The fraction of sp³-hybridized carbons (Fsp3) is 0.167. The number of nitrogens with one attached hydrogen (secondary N) is 2. The van der Waals surface area contributed by atoms with Crippen LogP contribution in [0, 0.1) is 5.82 Å². The summed E-state index contributed by atoms with van der Waals surface area (Å²) in [5.41, 5.74) is 7.42. The Bertz CT molecular complexity index is 1120. The van der Waals surface area contributed by atoms with Gasteiger partial charge in [-0.15, -0.1) is 0 Å². The van der Waals surface area contributed by atoms with Gasteiger partial charge in [-0.3, -0.25) is 4.79 Å². The number of thiocarbonyl (C=S) groups is 1. The largest absolute Gasteiger partial charge is 0.492 e. The average molecular weight is 472 g/mol. The van der Waals surface area contributed by atoms with Crippen LogP contribution in [0.15, 0.2) is 60.7 Å². The molecule has 1 amide bonds. The highest BCUT2D eigenvalue weighted by molar-refractivity contribution is 7.80. The summed E-state index contributed by atoms with van der Waals surface area (Å²) in [6.07, 6.45) is 2.01. The number of rotatable bonds is 8. The van der Waals surface area contributed by atoms with Crippen molar-refractivity contribution in [1.29, 1.82) is 0 Å². The predicted octanol–water partition coefficient (Wildman–Crippen LogP) is 6.23. The van der Waals surface area contributed by atoms with Crippen molar-refractivity contribution in [3.05, 3.63) is 77.1 Å². The number of unbranched alkanes of at least 4 members (excludes halogenated alkanes) is 1. The van der Waals surface area contributed by atoms with Gasteiger partial charge in [-0.25, -0.2) is 4.39 Å². The first-order chi connectivity index (χ1) is 15.4. The summed E-state index contributed by atoms with van der Waals surface area (Å²) in [5.74, 6) is -0.815. The van der Waals surface area contributed by atoms with E-state index in [0.29, 0.717) is 39.3 Å². The smallest absolute Gasteiger partial charge is 0.251 e. The van der Waals surface area contributed by atoms with Crippen LogP contribution in [0.1, 0.15) is 30.1 Å². The molecular weight excluding hydrogens is 449 g/mol. The van der Waals surface area contributed by atoms with Gasteiger partial charge in [0.25, 0.3) is 5.91 Å². The number of nitrogens with two attached hydrogens (primary N) is 1. The maximum Gasteiger partial charge on any atom is 0.251 e. The second-order valence-corrected chi connectivity index (χ2v) is 7.85. The fourth-order valence-electron chi connectivity index (χ4n) is 2.99. The number of hydrogen-bond acceptors (Lipinski definition) is 3. The molecule has 166 valence electrons. The monoisotopic (exact) mass is 471 g/mol. The van der Waals surface area contributed by atoms with Crippen LogP contribution in [0.3, 0.4) is 0 Å². The van der Waals surface area contributed by atoms with Crippen LogP contribution in [0.2, 0.25) is 5.02 Å². The Morgan fingerprint density at radius 3 is 2.44 bits per heavy atom. The number of anilines is 2. The number of halogens is 2. The highest BCUT2D eigenvalue weighted by atomic mass is 35.5. The van der Waals surface area contributed by atoms with Gasteiger partial charge in [-0.1, -0.05) is 49.2 Å². The lowest BCUT2D eigenvalue weighted by Crippen LogP contribution is -2.19. The van der Waals surface area contributed by atoms with Crippen molar-refractivity contribution in [3.63, 3.8) is 0 Å². The Kier molecular flexibility index (Phi) is 8.03. The van der Waals surface area contributed by atoms with E-state index in [4.69, 9.17) is 34.3 Å². The molecule has 8 heteroatoms. The average Bonchev–Trinajstić information content (AvgIpc) is 2.76.